The zero-order chi connectivity index (χ0) is 17.9. The number of aromatic nitrogens is 1. The molecule has 0 amide bonds. The van der Waals surface area contributed by atoms with E-state index in [0.717, 1.165) is 5.39 Å². The maximum atomic E-state index is 13.4. The zero-order valence-electron chi connectivity index (χ0n) is 13.5. The molecule has 0 radical (unpaired) electrons. The van der Waals surface area contributed by atoms with E-state index in [-0.39, 0.29) is 11.4 Å². The Balaban J connectivity index is 1.86. The van der Waals surface area contributed by atoms with Gasteiger partial charge in [0.1, 0.15) is 10.7 Å². The van der Waals surface area contributed by atoms with E-state index in [1.165, 1.54) is 25.3 Å². The Morgan fingerprint density at radius 2 is 1.92 bits per heavy atom. The number of sulfonamides is 1. The molecule has 1 atom stereocenters. The first kappa shape index (κ1) is 17.5. The number of fused-ring (bicyclic) bond motifs is 1. The molecule has 1 N–H and O–H groups in total. The molecule has 130 valence electrons. The van der Waals surface area contributed by atoms with Crippen molar-refractivity contribution in [3.05, 3.63) is 72.2 Å². The number of rotatable bonds is 6. The second kappa shape index (κ2) is 7.26. The van der Waals surface area contributed by atoms with Crippen molar-refractivity contribution in [2.75, 3.05) is 13.7 Å². The third kappa shape index (κ3) is 3.84. The van der Waals surface area contributed by atoms with Gasteiger partial charge in [-0.05, 0) is 29.8 Å². The number of para-hydroxylation sites is 1. The van der Waals surface area contributed by atoms with Crippen LogP contribution < -0.4 is 4.72 Å². The minimum atomic E-state index is -3.80. The molecule has 0 spiro atoms. The van der Waals surface area contributed by atoms with Crippen LogP contribution in [0.1, 0.15) is 11.7 Å². The maximum absolute atomic E-state index is 13.4. The van der Waals surface area contributed by atoms with E-state index in [0.29, 0.717) is 11.1 Å². The van der Waals surface area contributed by atoms with Crippen LogP contribution in [-0.2, 0) is 14.8 Å². The minimum absolute atomic E-state index is 0.0223. The first-order valence-electron chi connectivity index (χ1n) is 7.63. The lowest BCUT2D eigenvalue weighted by Crippen LogP contribution is -2.29. The van der Waals surface area contributed by atoms with Gasteiger partial charge in [-0.3, -0.25) is 4.98 Å². The Kier molecular flexibility index (Phi) is 5.08. The molecule has 0 saturated carbocycles. The highest BCUT2D eigenvalue weighted by molar-refractivity contribution is 7.89. The summed E-state index contributed by atoms with van der Waals surface area (Å²) in [6.07, 6.45) is 0.944. The van der Waals surface area contributed by atoms with E-state index in [2.05, 4.69) is 9.71 Å². The fourth-order valence-corrected chi connectivity index (χ4v) is 3.81. The molecule has 1 heterocycles. The number of nitrogens with zero attached hydrogens (tertiary/aromatic N) is 1. The van der Waals surface area contributed by atoms with Crippen LogP contribution in [0.15, 0.2) is 65.7 Å². The van der Waals surface area contributed by atoms with Gasteiger partial charge < -0.3 is 4.74 Å². The standard InChI is InChI=1S/C18H17FN2O3S/c1-24-16(14-6-2-8-15(19)11-14)12-21-25(22,23)17-9-3-5-13-7-4-10-20-18(13)17/h2-11,16,21H,12H2,1H3. The quantitative estimate of drug-likeness (QED) is 0.734. The summed E-state index contributed by atoms with van der Waals surface area (Å²) in [5.74, 6) is -0.402. The van der Waals surface area contributed by atoms with E-state index in [1.54, 1.807) is 42.6 Å². The summed E-state index contributed by atoms with van der Waals surface area (Å²) in [4.78, 5) is 4.26. The van der Waals surface area contributed by atoms with Crippen molar-refractivity contribution in [1.29, 1.82) is 0 Å². The Bertz CT molecular complexity index is 987. The highest BCUT2D eigenvalue weighted by Crippen LogP contribution is 2.22. The van der Waals surface area contributed by atoms with E-state index in [1.807, 2.05) is 0 Å². The van der Waals surface area contributed by atoms with Crippen LogP contribution in [0, 0.1) is 5.82 Å². The predicted molar refractivity (Wildman–Crippen MR) is 93.1 cm³/mol. The SMILES string of the molecule is COC(CNS(=O)(=O)c1cccc2cccnc12)c1cccc(F)c1. The summed E-state index contributed by atoms with van der Waals surface area (Å²) in [6, 6.07) is 14.4. The molecule has 0 aliphatic heterocycles. The van der Waals surface area contributed by atoms with Crippen LogP contribution in [0.3, 0.4) is 0 Å². The van der Waals surface area contributed by atoms with Crippen molar-refractivity contribution in [2.24, 2.45) is 0 Å². The molecule has 0 fully saturated rings. The summed E-state index contributed by atoms with van der Waals surface area (Å²) in [6.45, 7) is -0.0223. The molecule has 1 aromatic heterocycles. The Morgan fingerprint density at radius 1 is 1.16 bits per heavy atom. The van der Waals surface area contributed by atoms with Crippen molar-refractivity contribution in [2.45, 2.75) is 11.0 Å². The molecule has 0 bridgehead atoms. The van der Waals surface area contributed by atoms with Crippen LogP contribution in [0.25, 0.3) is 10.9 Å². The normalized spacial score (nSPS) is 13.0. The summed E-state index contributed by atoms with van der Waals surface area (Å²) in [5, 5.41) is 0.735. The van der Waals surface area contributed by atoms with Crippen molar-refractivity contribution < 1.29 is 17.5 Å². The summed E-state index contributed by atoms with van der Waals surface area (Å²) in [5.41, 5.74) is 0.957. The van der Waals surface area contributed by atoms with E-state index < -0.39 is 21.9 Å². The van der Waals surface area contributed by atoms with Gasteiger partial charge in [0.15, 0.2) is 0 Å². The third-order valence-electron chi connectivity index (χ3n) is 3.85. The molecule has 0 aliphatic carbocycles. The number of nitrogens with one attached hydrogen (secondary N) is 1. The van der Waals surface area contributed by atoms with Gasteiger partial charge in [0, 0.05) is 25.2 Å². The van der Waals surface area contributed by atoms with Crippen LogP contribution in [-0.4, -0.2) is 27.1 Å². The smallest absolute Gasteiger partial charge is 0.242 e. The van der Waals surface area contributed by atoms with Gasteiger partial charge in [-0.1, -0.05) is 30.3 Å². The Morgan fingerprint density at radius 3 is 2.68 bits per heavy atom. The highest BCUT2D eigenvalue weighted by Gasteiger charge is 2.20. The topological polar surface area (TPSA) is 68.3 Å². The second-order valence-corrected chi connectivity index (χ2v) is 7.20. The van der Waals surface area contributed by atoms with Gasteiger partial charge in [-0.15, -0.1) is 0 Å². The molecule has 7 heteroatoms. The average molecular weight is 360 g/mol. The van der Waals surface area contributed by atoms with E-state index in [9.17, 15) is 12.8 Å². The monoisotopic (exact) mass is 360 g/mol. The molecule has 5 nitrogen and oxygen atoms in total. The van der Waals surface area contributed by atoms with Gasteiger partial charge in [-0.25, -0.2) is 17.5 Å². The Hall–Kier alpha value is -2.35. The number of methoxy groups -OCH3 is 1. The van der Waals surface area contributed by atoms with Crippen LogP contribution in [0.2, 0.25) is 0 Å². The van der Waals surface area contributed by atoms with Crippen molar-refractivity contribution >= 4 is 20.9 Å². The van der Waals surface area contributed by atoms with Crippen LogP contribution in [0.5, 0.6) is 0 Å². The Labute approximate surface area is 145 Å². The fraction of sp³-hybridized carbons (Fsp3) is 0.167. The number of hydrogen-bond acceptors (Lipinski definition) is 4. The van der Waals surface area contributed by atoms with Crippen LogP contribution >= 0.6 is 0 Å². The first-order chi connectivity index (χ1) is 12.0. The second-order valence-electron chi connectivity index (χ2n) is 5.46. The number of benzene rings is 2. The molecule has 2 aromatic carbocycles. The van der Waals surface area contributed by atoms with Crippen molar-refractivity contribution in [1.82, 2.24) is 9.71 Å². The molecule has 1 unspecified atom stereocenters. The lowest BCUT2D eigenvalue weighted by molar-refractivity contribution is 0.107. The molecular formula is C18H17FN2O3S. The third-order valence-corrected chi connectivity index (χ3v) is 5.30. The summed E-state index contributed by atoms with van der Waals surface area (Å²) >= 11 is 0. The van der Waals surface area contributed by atoms with E-state index >= 15 is 0 Å². The number of halogens is 1. The zero-order valence-corrected chi connectivity index (χ0v) is 14.3. The molecule has 0 aliphatic rings. The maximum Gasteiger partial charge on any atom is 0.242 e. The summed E-state index contributed by atoms with van der Waals surface area (Å²) in [7, 11) is -2.35. The largest absolute Gasteiger partial charge is 0.375 e. The number of pyridine rings is 1. The van der Waals surface area contributed by atoms with Gasteiger partial charge in [0.05, 0.1) is 11.6 Å². The van der Waals surface area contributed by atoms with Crippen molar-refractivity contribution in [3.63, 3.8) is 0 Å². The van der Waals surface area contributed by atoms with Gasteiger partial charge in [-0.2, -0.15) is 0 Å². The molecule has 3 rings (SSSR count). The number of hydrogen-bond donors (Lipinski definition) is 1. The molecular weight excluding hydrogens is 343 g/mol. The average Bonchev–Trinajstić information content (AvgIpc) is 2.62. The lowest BCUT2D eigenvalue weighted by Gasteiger charge is -2.17. The lowest BCUT2D eigenvalue weighted by atomic mass is 10.1. The number of ether oxygens (including phenoxy) is 1. The van der Waals surface area contributed by atoms with Gasteiger partial charge >= 0.3 is 0 Å². The van der Waals surface area contributed by atoms with Crippen LogP contribution in [0.4, 0.5) is 4.39 Å². The molecule has 25 heavy (non-hydrogen) atoms. The fourth-order valence-electron chi connectivity index (χ4n) is 2.60. The van der Waals surface area contributed by atoms with E-state index in [4.69, 9.17) is 4.74 Å². The molecule has 3 aromatic rings. The first-order valence-corrected chi connectivity index (χ1v) is 9.11. The highest BCUT2D eigenvalue weighted by atomic mass is 32.2. The summed E-state index contributed by atoms with van der Waals surface area (Å²) < 4.78 is 46.6. The van der Waals surface area contributed by atoms with Gasteiger partial charge in [0.2, 0.25) is 10.0 Å². The van der Waals surface area contributed by atoms with Gasteiger partial charge in [0.25, 0.3) is 0 Å². The predicted octanol–water partition coefficient (Wildman–Crippen LogP) is 3.04. The van der Waals surface area contributed by atoms with Crippen molar-refractivity contribution in [3.8, 4) is 0 Å². The molecule has 0 saturated heterocycles. The minimum Gasteiger partial charge on any atom is -0.375 e.